The number of fused-ring (bicyclic) bond motifs is 1. The Labute approximate surface area is 60.7 Å². The third kappa shape index (κ3) is 0.676. The van der Waals surface area contributed by atoms with E-state index in [-0.39, 0.29) is 0 Å². The fourth-order valence-electron chi connectivity index (χ4n) is 1.87. The highest BCUT2D eigenvalue weighted by atomic mass is 15.2. The van der Waals surface area contributed by atoms with Gasteiger partial charge < -0.3 is 0 Å². The molecule has 2 heteroatoms. The van der Waals surface area contributed by atoms with Crippen LogP contribution in [-0.2, 0) is 0 Å². The lowest BCUT2D eigenvalue weighted by molar-refractivity contribution is 0.339. The first-order valence-corrected chi connectivity index (χ1v) is 3.76. The van der Waals surface area contributed by atoms with Crippen molar-refractivity contribution < 1.29 is 0 Å². The highest BCUT2D eigenvalue weighted by molar-refractivity contribution is 5.32. The Kier molecular flexibility index (Phi) is 1.25. The van der Waals surface area contributed by atoms with Gasteiger partial charge in [-0.15, -0.1) is 0 Å². The molecule has 1 atom stereocenters. The minimum Gasteiger partial charge on any atom is -0.292 e. The third-order valence-corrected chi connectivity index (χ3v) is 2.40. The average Bonchev–Trinajstić information content (AvgIpc) is 2.44. The minimum atomic E-state index is 0.491. The van der Waals surface area contributed by atoms with E-state index in [1.807, 2.05) is 0 Å². The molecular weight excluding hydrogens is 124 g/mol. The van der Waals surface area contributed by atoms with Crippen molar-refractivity contribution in [3.8, 4) is 6.07 Å². The maximum absolute atomic E-state index is 8.67. The van der Waals surface area contributed by atoms with Gasteiger partial charge in [0.2, 0.25) is 0 Å². The molecule has 2 rings (SSSR count). The van der Waals surface area contributed by atoms with Crippen LogP contribution in [0.25, 0.3) is 0 Å². The lowest BCUT2D eigenvalue weighted by Crippen LogP contribution is -2.24. The number of nitrogens with zero attached hydrogens (tertiary/aromatic N) is 2. The van der Waals surface area contributed by atoms with Crippen LogP contribution in [0.2, 0.25) is 0 Å². The normalized spacial score (nSPS) is 31.5. The standard InChI is InChI=1S/C8H10N2/c9-6-7-3-5-10-4-1-2-8(7)10/h3,8H,1-2,4-5H2. The first-order valence-electron chi connectivity index (χ1n) is 3.76. The van der Waals surface area contributed by atoms with Crippen molar-refractivity contribution in [2.45, 2.75) is 18.9 Å². The molecule has 0 aliphatic carbocycles. The monoisotopic (exact) mass is 134 g/mol. The molecule has 0 aromatic heterocycles. The van der Waals surface area contributed by atoms with Gasteiger partial charge in [0.05, 0.1) is 6.07 Å². The molecule has 1 saturated heterocycles. The van der Waals surface area contributed by atoms with E-state index in [9.17, 15) is 0 Å². The molecule has 0 amide bonds. The second-order valence-corrected chi connectivity index (χ2v) is 2.92. The molecule has 52 valence electrons. The second kappa shape index (κ2) is 2.10. The first kappa shape index (κ1) is 5.94. The fraction of sp³-hybridized carbons (Fsp3) is 0.625. The summed E-state index contributed by atoms with van der Waals surface area (Å²) < 4.78 is 0. The Morgan fingerprint density at radius 2 is 2.60 bits per heavy atom. The molecule has 0 radical (unpaired) electrons. The van der Waals surface area contributed by atoms with Crippen molar-refractivity contribution in [2.24, 2.45) is 0 Å². The number of rotatable bonds is 0. The van der Waals surface area contributed by atoms with Crippen molar-refractivity contribution >= 4 is 0 Å². The van der Waals surface area contributed by atoms with Crippen LogP contribution >= 0.6 is 0 Å². The molecule has 0 bridgehead atoms. The Morgan fingerprint density at radius 1 is 1.70 bits per heavy atom. The van der Waals surface area contributed by atoms with Crippen LogP contribution in [0.3, 0.4) is 0 Å². The van der Waals surface area contributed by atoms with E-state index in [2.05, 4.69) is 17.0 Å². The summed E-state index contributed by atoms with van der Waals surface area (Å²) in [6.45, 7) is 2.19. The molecule has 0 saturated carbocycles. The SMILES string of the molecule is N#CC1=CCN2CCCC12. The topological polar surface area (TPSA) is 27.0 Å². The zero-order valence-corrected chi connectivity index (χ0v) is 5.88. The van der Waals surface area contributed by atoms with E-state index in [0.717, 1.165) is 12.1 Å². The summed E-state index contributed by atoms with van der Waals surface area (Å²) in [5.41, 5.74) is 0.998. The summed E-state index contributed by atoms with van der Waals surface area (Å²) in [6, 6.07) is 2.75. The van der Waals surface area contributed by atoms with Gasteiger partial charge in [0, 0.05) is 18.2 Å². The van der Waals surface area contributed by atoms with Gasteiger partial charge in [-0.05, 0) is 19.4 Å². The molecule has 0 spiro atoms. The van der Waals surface area contributed by atoms with Crippen LogP contribution in [-0.4, -0.2) is 24.0 Å². The maximum atomic E-state index is 8.67. The van der Waals surface area contributed by atoms with Crippen LogP contribution in [0, 0.1) is 11.3 Å². The van der Waals surface area contributed by atoms with Gasteiger partial charge >= 0.3 is 0 Å². The van der Waals surface area contributed by atoms with Crippen molar-refractivity contribution in [1.29, 1.82) is 5.26 Å². The number of hydrogen-bond acceptors (Lipinski definition) is 2. The summed E-state index contributed by atoms with van der Waals surface area (Å²) in [5, 5.41) is 8.67. The van der Waals surface area contributed by atoms with Gasteiger partial charge in [0.15, 0.2) is 0 Å². The highest BCUT2D eigenvalue weighted by Gasteiger charge is 2.30. The minimum absolute atomic E-state index is 0.491. The zero-order valence-electron chi connectivity index (χ0n) is 5.88. The molecule has 10 heavy (non-hydrogen) atoms. The molecule has 2 aliphatic rings. The third-order valence-electron chi connectivity index (χ3n) is 2.40. The lowest BCUT2D eigenvalue weighted by atomic mass is 10.1. The number of hydrogen-bond donors (Lipinski definition) is 0. The van der Waals surface area contributed by atoms with Crippen molar-refractivity contribution in [2.75, 3.05) is 13.1 Å². The second-order valence-electron chi connectivity index (χ2n) is 2.92. The van der Waals surface area contributed by atoms with E-state index in [1.54, 1.807) is 0 Å². The summed E-state index contributed by atoms with van der Waals surface area (Å²) in [6.07, 6.45) is 4.52. The maximum Gasteiger partial charge on any atom is 0.0961 e. The van der Waals surface area contributed by atoms with Crippen LogP contribution < -0.4 is 0 Å². The van der Waals surface area contributed by atoms with Gasteiger partial charge in [0.1, 0.15) is 0 Å². The van der Waals surface area contributed by atoms with Crippen LogP contribution in [0.4, 0.5) is 0 Å². The number of nitriles is 1. The van der Waals surface area contributed by atoms with Crippen molar-refractivity contribution in [3.63, 3.8) is 0 Å². The summed E-state index contributed by atoms with van der Waals surface area (Å²) in [5.74, 6) is 0. The summed E-state index contributed by atoms with van der Waals surface area (Å²) in [4.78, 5) is 2.37. The van der Waals surface area contributed by atoms with Gasteiger partial charge in [-0.25, -0.2) is 0 Å². The Hall–Kier alpha value is -0.810. The van der Waals surface area contributed by atoms with Crippen molar-refractivity contribution in [3.05, 3.63) is 11.6 Å². The van der Waals surface area contributed by atoms with E-state index >= 15 is 0 Å². The summed E-state index contributed by atoms with van der Waals surface area (Å²) in [7, 11) is 0. The van der Waals surface area contributed by atoms with Crippen LogP contribution in [0.15, 0.2) is 11.6 Å². The van der Waals surface area contributed by atoms with Gasteiger partial charge in [-0.2, -0.15) is 5.26 Å². The Bertz CT molecular complexity index is 212. The van der Waals surface area contributed by atoms with E-state index in [1.165, 1.54) is 19.4 Å². The molecule has 2 nitrogen and oxygen atoms in total. The quantitative estimate of drug-likeness (QED) is 0.492. The molecule has 0 aromatic rings. The van der Waals surface area contributed by atoms with Gasteiger partial charge in [-0.3, -0.25) is 4.90 Å². The van der Waals surface area contributed by atoms with Crippen LogP contribution in [0.5, 0.6) is 0 Å². The lowest BCUT2D eigenvalue weighted by Gasteiger charge is -2.13. The Morgan fingerprint density at radius 3 is 3.40 bits per heavy atom. The van der Waals surface area contributed by atoms with Gasteiger partial charge in [0.25, 0.3) is 0 Å². The molecule has 1 unspecified atom stereocenters. The first-order chi connectivity index (χ1) is 4.92. The molecule has 2 aliphatic heterocycles. The molecule has 2 heterocycles. The largest absolute Gasteiger partial charge is 0.292 e. The molecule has 0 aromatic carbocycles. The van der Waals surface area contributed by atoms with Crippen molar-refractivity contribution in [1.82, 2.24) is 4.90 Å². The molecular formula is C8H10N2. The predicted octanol–water partition coefficient (Wildman–Crippen LogP) is 0.914. The average molecular weight is 134 g/mol. The smallest absolute Gasteiger partial charge is 0.0961 e. The van der Waals surface area contributed by atoms with E-state index in [4.69, 9.17) is 5.26 Å². The highest BCUT2D eigenvalue weighted by Crippen LogP contribution is 2.27. The fourth-order valence-corrected chi connectivity index (χ4v) is 1.87. The summed E-state index contributed by atoms with van der Waals surface area (Å²) >= 11 is 0. The van der Waals surface area contributed by atoms with E-state index in [0.29, 0.717) is 6.04 Å². The molecule has 0 N–H and O–H groups in total. The van der Waals surface area contributed by atoms with Gasteiger partial charge in [-0.1, -0.05) is 6.08 Å². The predicted molar refractivity (Wildman–Crippen MR) is 38.3 cm³/mol. The van der Waals surface area contributed by atoms with Crippen LogP contribution in [0.1, 0.15) is 12.8 Å². The Balaban J connectivity index is 2.20. The zero-order chi connectivity index (χ0) is 6.97. The molecule has 1 fully saturated rings. The van der Waals surface area contributed by atoms with E-state index < -0.39 is 0 Å².